The molecule has 2 aromatic heterocycles. The molecule has 2 aromatic rings. The van der Waals surface area contributed by atoms with Crippen molar-refractivity contribution in [3.05, 3.63) is 28.7 Å². The maximum absolute atomic E-state index is 12.6. The van der Waals surface area contributed by atoms with E-state index < -0.39 is 0 Å². The molecular formula is C17H24N4O3. The molecule has 3 heterocycles. The molecule has 1 aliphatic rings. The molecular weight excluding hydrogens is 308 g/mol. The van der Waals surface area contributed by atoms with E-state index in [1.165, 1.54) is 0 Å². The largest absolute Gasteiger partial charge is 0.361 e. The van der Waals surface area contributed by atoms with Crippen LogP contribution in [0.25, 0.3) is 0 Å². The summed E-state index contributed by atoms with van der Waals surface area (Å²) >= 11 is 0. The average Bonchev–Trinajstić information content (AvgIpc) is 3.20. The number of rotatable bonds is 5. The molecule has 3 rings (SSSR count). The maximum atomic E-state index is 12.6. The van der Waals surface area contributed by atoms with Gasteiger partial charge in [0.05, 0.1) is 5.69 Å². The minimum Gasteiger partial charge on any atom is -0.361 e. The van der Waals surface area contributed by atoms with Crippen LogP contribution in [0, 0.1) is 13.8 Å². The number of piperidine rings is 1. The highest BCUT2D eigenvalue weighted by molar-refractivity contribution is 5.76. The number of carbonyl (C=O) groups is 1. The summed E-state index contributed by atoms with van der Waals surface area (Å²) in [6.07, 6.45) is 3.85. The Kier molecular flexibility index (Phi) is 4.97. The van der Waals surface area contributed by atoms with Gasteiger partial charge in [0.15, 0.2) is 5.82 Å². The van der Waals surface area contributed by atoms with Crippen LogP contribution in [-0.2, 0) is 17.6 Å². The van der Waals surface area contributed by atoms with Crippen LogP contribution in [0.5, 0.6) is 0 Å². The molecule has 0 spiro atoms. The molecule has 130 valence electrons. The van der Waals surface area contributed by atoms with Gasteiger partial charge in [-0.15, -0.1) is 0 Å². The molecule has 1 saturated heterocycles. The normalized spacial score (nSPS) is 18.1. The van der Waals surface area contributed by atoms with Crippen LogP contribution >= 0.6 is 0 Å². The van der Waals surface area contributed by atoms with Crippen molar-refractivity contribution in [3.63, 3.8) is 0 Å². The number of amides is 1. The lowest BCUT2D eigenvalue weighted by atomic mass is 9.96. The molecule has 0 bridgehead atoms. The SMILES string of the molecule is CCc1nc([C@@H]2CCCN(C(=O)CCc3c(C)noc3C)C2)no1. The Morgan fingerprint density at radius 1 is 1.29 bits per heavy atom. The number of aromatic nitrogens is 3. The van der Waals surface area contributed by atoms with Crippen LogP contribution in [0.1, 0.15) is 60.8 Å². The maximum Gasteiger partial charge on any atom is 0.226 e. The lowest BCUT2D eigenvalue weighted by Crippen LogP contribution is -2.39. The zero-order chi connectivity index (χ0) is 17.1. The van der Waals surface area contributed by atoms with Crippen molar-refractivity contribution in [1.82, 2.24) is 20.2 Å². The zero-order valence-electron chi connectivity index (χ0n) is 14.5. The van der Waals surface area contributed by atoms with E-state index in [9.17, 15) is 4.79 Å². The molecule has 0 aromatic carbocycles. The van der Waals surface area contributed by atoms with Gasteiger partial charge in [-0.25, -0.2) is 0 Å². The van der Waals surface area contributed by atoms with Crippen molar-refractivity contribution in [1.29, 1.82) is 0 Å². The molecule has 0 saturated carbocycles. The second-order valence-corrected chi connectivity index (χ2v) is 6.38. The first-order valence-corrected chi connectivity index (χ1v) is 8.60. The fourth-order valence-corrected chi connectivity index (χ4v) is 3.24. The van der Waals surface area contributed by atoms with Crippen LogP contribution < -0.4 is 0 Å². The van der Waals surface area contributed by atoms with Gasteiger partial charge in [0.25, 0.3) is 0 Å². The van der Waals surface area contributed by atoms with Gasteiger partial charge in [0.2, 0.25) is 11.8 Å². The van der Waals surface area contributed by atoms with Gasteiger partial charge in [0.1, 0.15) is 5.76 Å². The van der Waals surface area contributed by atoms with E-state index in [1.807, 2.05) is 25.7 Å². The molecule has 1 aliphatic heterocycles. The third kappa shape index (κ3) is 3.49. The first kappa shape index (κ1) is 16.7. The lowest BCUT2D eigenvalue weighted by molar-refractivity contribution is -0.132. The molecule has 1 atom stereocenters. The Hall–Kier alpha value is -2.18. The fourth-order valence-electron chi connectivity index (χ4n) is 3.24. The van der Waals surface area contributed by atoms with Crippen LogP contribution in [0.2, 0.25) is 0 Å². The van der Waals surface area contributed by atoms with Gasteiger partial charge in [-0.05, 0) is 33.1 Å². The van der Waals surface area contributed by atoms with Crippen molar-refractivity contribution in [2.75, 3.05) is 13.1 Å². The quantitative estimate of drug-likeness (QED) is 0.836. The fraction of sp³-hybridized carbons (Fsp3) is 0.647. The van der Waals surface area contributed by atoms with E-state index >= 15 is 0 Å². The lowest BCUT2D eigenvalue weighted by Gasteiger charge is -2.31. The molecule has 1 amide bonds. The Bertz CT molecular complexity index is 687. The molecule has 1 fully saturated rings. The first-order valence-electron chi connectivity index (χ1n) is 8.60. The minimum absolute atomic E-state index is 0.166. The van der Waals surface area contributed by atoms with Gasteiger partial charge in [-0.2, -0.15) is 4.98 Å². The topological polar surface area (TPSA) is 85.3 Å². The van der Waals surface area contributed by atoms with Crippen molar-refractivity contribution in [2.45, 2.75) is 58.8 Å². The summed E-state index contributed by atoms with van der Waals surface area (Å²) in [4.78, 5) is 18.9. The Balaban J connectivity index is 1.58. The van der Waals surface area contributed by atoms with Gasteiger partial charge < -0.3 is 13.9 Å². The summed E-state index contributed by atoms with van der Waals surface area (Å²) in [6.45, 7) is 7.26. The van der Waals surface area contributed by atoms with Gasteiger partial charge >= 0.3 is 0 Å². The highest BCUT2D eigenvalue weighted by atomic mass is 16.5. The zero-order valence-corrected chi connectivity index (χ0v) is 14.5. The molecule has 7 heteroatoms. The predicted molar refractivity (Wildman–Crippen MR) is 86.5 cm³/mol. The highest BCUT2D eigenvalue weighted by Crippen LogP contribution is 2.26. The van der Waals surface area contributed by atoms with E-state index in [0.717, 1.165) is 48.6 Å². The van der Waals surface area contributed by atoms with E-state index in [-0.39, 0.29) is 11.8 Å². The van der Waals surface area contributed by atoms with Crippen LogP contribution in [-0.4, -0.2) is 39.2 Å². The number of hydrogen-bond acceptors (Lipinski definition) is 6. The highest BCUT2D eigenvalue weighted by Gasteiger charge is 2.28. The number of likely N-dealkylation sites (tertiary alicyclic amines) is 1. The summed E-state index contributed by atoms with van der Waals surface area (Å²) < 4.78 is 10.4. The molecule has 0 radical (unpaired) electrons. The third-order valence-electron chi connectivity index (χ3n) is 4.70. The van der Waals surface area contributed by atoms with Crippen molar-refractivity contribution >= 4 is 5.91 Å². The second kappa shape index (κ2) is 7.15. The smallest absolute Gasteiger partial charge is 0.226 e. The minimum atomic E-state index is 0.166. The van der Waals surface area contributed by atoms with Crippen molar-refractivity contribution in [2.24, 2.45) is 0 Å². The second-order valence-electron chi connectivity index (χ2n) is 6.38. The monoisotopic (exact) mass is 332 g/mol. The summed E-state index contributed by atoms with van der Waals surface area (Å²) in [5.74, 6) is 2.53. The van der Waals surface area contributed by atoms with Crippen LogP contribution in [0.4, 0.5) is 0 Å². The molecule has 0 N–H and O–H groups in total. The summed E-state index contributed by atoms with van der Waals surface area (Å²) in [7, 11) is 0. The Labute approximate surface area is 141 Å². The predicted octanol–water partition coefficient (Wildman–Crippen LogP) is 2.58. The Morgan fingerprint density at radius 3 is 2.79 bits per heavy atom. The van der Waals surface area contributed by atoms with E-state index in [4.69, 9.17) is 9.05 Å². The summed E-state index contributed by atoms with van der Waals surface area (Å²) in [5.41, 5.74) is 1.92. The standard InChI is InChI=1S/C17H24N4O3/c1-4-15-18-17(20-24-15)13-6-5-9-21(10-13)16(22)8-7-14-11(2)19-23-12(14)3/h13H,4-10H2,1-3H3/t13-/m1/s1. The van der Waals surface area contributed by atoms with E-state index in [0.29, 0.717) is 25.3 Å². The number of nitrogens with zero attached hydrogens (tertiary/aromatic N) is 4. The summed E-state index contributed by atoms with van der Waals surface area (Å²) in [6, 6.07) is 0. The van der Waals surface area contributed by atoms with E-state index in [1.54, 1.807) is 0 Å². The van der Waals surface area contributed by atoms with E-state index in [2.05, 4.69) is 15.3 Å². The van der Waals surface area contributed by atoms with Gasteiger partial charge in [-0.3, -0.25) is 4.79 Å². The van der Waals surface area contributed by atoms with Crippen molar-refractivity contribution < 1.29 is 13.8 Å². The Morgan fingerprint density at radius 2 is 2.12 bits per heavy atom. The molecule has 7 nitrogen and oxygen atoms in total. The van der Waals surface area contributed by atoms with Crippen molar-refractivity contribution in [3.8, 4) is 0 Å². The van der Waals surface area contributed by atoms with Gasteiger partial charge in [-0.1, -0.05) is 17.2 Å². The van der Waals surface area contributed by atoms with Crippen LogP contribution in [0.3, 0.4) is 0 Å². The molecule has 0 aliphatic carbocycles. The number of hydrogen-bond donors (Lipinski definition) is 0. The summed E-state index contributed by atoms with van der Waals surface area (Å²) in [5, 5.41) is 8.01. The number of carbonyl (C=O) groups excluding carboxylic acids is 1. The number of aryl methyl sites for hydroxylation is 3. The van der Waals surface area contributed by atoms with Gasteiger partial charge in [0, 0.05) is 37.4 Å². The van der Waals surface area contributed by atoms with Crippen LogP contribution in [0.15, 0.2) is 9.05 Å². The molecule has 0 unspecified atom stereocenters. The average molecular weight is 332 g/mol. The first-order chi connectivity index (χ1) is 11.6. The third-order valence-corrected chi connectivity index (χ3v) is 4.70. The molecule has 24 heavy (non-hydrogen) atoms.